The van der Waals surface area contributed by atoms with Gasteiger partial charge in [0.15, 0.2) is 0 Å². The molecule has 7 nitrogen and oxygen atoms in total. The van der Waals surface area contributed by atoms with Gasteiger partial charge in [0.05, 0.1) is 12.4 Å². The van der Waals surface area contributed by atoms with Crippen LogP contribution < -0.4 is 0 Å². The molecule has 1 aliphatic heterocycles. The van der Waals surface area contributed by atoms with E-state index in [1.807, 2.05) is 0 Å². The molecule has 37 heavy (non-hydrogen) atoms. The second-order valence-electron chi connectivity index (χ2n) is 7.98. The van der Waals surface area contributed by atoms with Crippen LogP contribution in [0, 0.1) is 6.92 Å². The molecule has 1 aliphatic rings. The van der Waals surface area contributed by atoms with Crippen molar-refractivity contribution in [3.8, 4) is 0 Å². The van der Waals surface area contributed by atoms with Crippen LogP contribution in [0.1, 0.15) is 18.1 Å². The molecule has 0 bridgehead atoms. The Morgan fingerprint density at radius 1 is 0.973 bits per heavy atom. The van der Waals surface area contributed by atoms with Gasteiger partial charge in [-0.1, -0.05) is 48.0 Å². The number of esters is 1. The standard InChI is InChI=1S/C23H21F6NO6S/c1-14-9-11-17(12-10-14)37(36-19(32)22(24,25)26)15(2)21(18(31)34-3,23(27,28)29)30(37)20(33)35-13-16-7-5-4-6-8-16/h4-12,15H,13H2,1-3H3/t15-,21-/m1/s1. The monoisotopic (exact) mass is 553 g/mol. The number of hydrogen-bond donors (Lipinski definition) is 0. The smallest absolute Gasteiger partial charge is 0.467 e. The maximum Gasteiger partial charge on any atom is 0.492 e. The summed E-state index contributed by atoms with van der Waals surface area (Å²) in [6.45, 7) is 1.78. The van der Waals surface area contributed by atoms with E-state index in [0.29, 0.717) is 18.2 Å². The Labute approximate surface area is 208 Å². The van der Waals surface area contributed by atoms with Crippen molar-refractivity contribution in [2.24, 2.45) is 0 Å². The molecule has 0 saturated carbocycles. The molecular formula is C23H21F6NO6S. The maximum absolute atomic E-state index is 14.6. The Morgan fingerprint density at radius 2 is 1.54 bits per heavy atom. The van der Waals surface area contributed by atoms with Crippen molar-refractivity contribution < 1.29 is 54.4 Å². The number of carbonyl (C=O) groups excluding carboxylic acids is 3. The van der Waals surface area contributed by atoms with Crippen molar-refractivity contribution in [3.05, 3.63) is 65.7 Å². The first kappa shape index (κ1) is 28.2. The van der Waals surface area contributed by atoms with Gasteiger partial charge in [-0.2, -0.15) is 26.3 Å². The highest BCUT2D eigenvalue weighted by Gasteiger charge is 2.85. The van der Waals surface area contributed by atoms with Gasteiger partial charge in [0.1, 0.15) is 6.61 Å². The third kappa shape index (κ3) is 4.58. The normalized spacial score (nSPS) is 25.3. The molecule has 0 N–H and O–H groups in total. The van der Waals surface area contributed by atoms with E-state index in [-0.39, 0.29) is 9.20 Å². The summed E-state index contributed by atoms with van der Waals surface area (Å²) in [5.41, 5.74) is -2.90. The van der Waals surface area contributed by atoms with Crippen LogP contribution in [0.15, 0.2) is 59.5 Å². The number of methoxy groups -OCH3 is 1. The molecule has 3 rings (SSSR count). The summed E-state index contributed by atoms with van der Waals surface area (Å²) in [5.74, 6) is -4.82. The summed E-state index contributed by atoms with van der Waals surface area (Å²) in [5, 5.41) is -2.20. The Morgan fingerprint density at radius 3 is 2.03 bits per heavy atom. The molecule has 2 aromatic rings. The van der Waals surface area contributed by atoms with Gasteiger partial charge in [-0.05, 0) is 31.5 Å². The SMILES string of the molecule is COC(=O)[C@@]1(C(F)(F)F)[C@@H](C)S(OC(=O)C(F)(F)F)(c2ccc(C)cc2)N1C(=O)OCc1ccccc1. The Bertz CT molecular complexity index is 1170. The van der Waals surface area contributed by atoms with Crippen LogP contribution >= 0.6 is 10.5 Å². The maximum atomic E-state index is 14.6. The number of ether oxygens (including phenoxy) is 2. The summed E-state index contributed by atoms with van der Waals surface area (Å²) < 4.78 is 97.6. The molecule has 3 atom stereocenters. The van der Waals surface area contributed by atoms with E-state index in [1.54, 1.807) is 25.1 Å². The first-order valence-electron chi connectivity index (χ1n) is 10.5. The number of benzene rings is 2. The summed E-state index contributed by atoms with van der Waals surface area (Å²) >= 11 is 0. The highest BCUT2D eigenvalue weighted by Crippen LogP contribution is 2.79. The van der Waals surface area contributed by atoms with Gasteiger partial charge in [-0.3, -0.25) is 0 Å². The van der Waals surface area contributed by atoms with E-state index in [2.05, 4.69) is 4.74 Å². The largest absolute Gasteiger partial charge is 0.492 e. The zero-order chi connectivity index (χ0) is 27.8. The fourth-order valence-electron chi connectivity index (χ4n) is 3.98. The Hall–Kier alpha value is -3.42. The lowest BCUT2D eigenvalue weighted by atomic mass is 9.94. The van der Waals surface area contributed by atoms with Gasteiger partial charge in [-0.25, -0.2) is 18.7 Å². The van der Waals surface area contributed by atoms with Gasteiger partial charge >= 0.3 is 30.4 Å². The zero-order valence-electron chi connectivity index (χ0n) is 19.6. The second-order valence-corrected chi connectivity index (χ2v) is 10.8. The lowest BCUT2D eigenvalue weighted by molar-refractivity contribution is -0.233. The van der Waals surface area contributed by atoms with E-state index in [0.717, 1.165) is 19.1 Å². The van der Waals surface area contributed by atoms with Crippen LogP contribution in [0.2, 0.25) is 0 Å². The van der Waals surface area contributed by atoms with Crippen molar-refractivity contribution in [2.75, 3.05) is 7.11 Å². The number of halogens is 6. The van der Waals surface area contributed by atoms with Crippen LogP contribution in [-0.2, 0) is 29.9 Å². The molecule has 0 aliphatic carbocycles. The van der Waals surface area contributed by atoms with E-state index < -0.39 is 58.3 Å². The first-order chi connectivity index (χ1) is 17.1. The van der Waals surface area contributed by atoms with Crippen LogP contribution in [0.5, 0.6) is 0 Å². The first-order valence-corrected chi connectivity index (χ1v) is 12.1. The quantitative estimate of drug-likeness (QED) is 0.354. The molecule has 1 fully saturated rings. The Balaban J connectivity index is 2.25. The number of nitrogens with zero attached hydrogens (tertiary/aromatic N) is 1. The van der Waals surface area contributed by atoms with Gasteiger partial charge in [0.25, 0.3) is 5.54 Å². The molecule has 1 heterocycles. The van der Waals surface area contributed by atoms with Crippen LogP contribution in [0.25, 0.3) is 0 Å². The van der Waals surface area contributed by atoms with Crippen molar-refractivity contribution >= 4 is 28.5 Å². The van der Waals surface area contributed by atoms with E-state index in [1.165, 1.54) is 24.3 Å². The van der Waals surface area contributed by atoms with Crippen molar-refractivity contribution in [3.63, 3.8) is 0 Å². The highest BCUT2D eigenvalue weighted by atomic mass is 32.3. The number of amides is 1. The lowest BCUT2D eigenvalue weighted by Gasteiger charge is -2.67. The van der Waals surface area contributed by atoms with Crippen molar-refractivity contribution in [1.29, 1.82) is 0 Å². The predicted molar refractivity (Wildman–Crippen MR) is 118 cm³/mol. The van der Waals surface area contributed by atoms with E-state index >= 15 is 0 Å². The summed E-state index contributed by atoms with van der Waals surface area (Å²) in [6.07, 6.45) is -13.0. The molecule has 1 saturated heterocycles. The third-order valence-corrected chi connectivity index (χ3v) is 9.38. The topological polar surface area (TPSA) is 82.1 Å². The van der Waals surface area contributed by atoms with Crippen molar-refractivity contribution in [2.45, 2.75) is 48.5 Å². The van der Waals surface area contributed by atoms with Crippen LogP contribution in [-0.4, -0.2) is 52.6 Å². The minimum atomic E-state index is -5.62. The number of rotatable bonds is 5. The summed E-state index contributed by atoms with van der Waals surface area (Å²) in [6, 6.07) is 12.6. The van der Waals surface area contributed by atoms with Crippen LogP contribution in [0.4, 0.5) is 31.1 Å². The summed E-state index contributed by atoms with van der Waals surface area (Å²) in [4.78, 5) is 37.6. The molecule has 0 aromatic heterocycles. The Kier molecular flexibility index (Phi) is 7.46. The van der Waals surface area contributed by atoms with Crippen LogP contribution in [0.3, 0.4) is 0 Å². The number of carbonyl (C=O) groups is 3. The number of aryl methyl sites for hydroxylation is 1. The highest BCUT2D eigenvalue weighted by molar-refractivity contribution is 8.30. The zero-order valence-corrected chi connectivity index (χ0v) is 20.4. The molecule has 0 radical (unpaired) electrons. The molecule has 0 spiro atoms. The minimum absolute atomic E-state index is 0.242. The van der Waals surface area contributed by atoms with Gasteiger partial charge in [0.2, 0.25) is 0 Å². The number of alkyl halides is 6. The molecule has 1 amide bonds. The average molecular weight is 553 g/mol. The second kappa shape index (κ2) is 9.80. The average Bonchev–Trinajstić information content (AvgIpc) is 2.83. The van der Waals surface area contributed by atoms with E-state index in [4.69, 9.17) is 8.92 Å². The third-order valence-electron chi connectivity index (χ3n) is 5.75. The molecular weight excluding hydrogens is 532 g/mol. The molecule has 14 heteroatoms. The fraction of sp³-hybridized carbons (Fsp3) is 0.348. The van der Waals surface area contributed by atoms with Gasteiger partial charge in [-0.15, -0.1) is 0 Å². The van der Waals surface area contributed by atoms with Gasteiger partial charge in [0, 0.05) is 15.4 Å². The van der Waals surface area contributed by atoms with Gasteiger partial charge < -0.3 is 13.7 Å². The molecule has 202 valence electrons. The molecule has 2 aromatic carbocycles. The predicted octanol–water partition coefficient (Wildman–Crippen LogP) is 5.61. The fourth-order valence-corrected chi connectivity index (χ4v) is 7.76. The lowest BCUT2D eigenvalue weighted by Crippen LogP contribution is -2.81. The van der Waals surface area contributed by atoms with E-state index in [9.17, 15) is 40.7 Å². The minimum Gasteiger partial charge on any atom is -0.467 e. The van der Waals surface area contributed by atoms with Crippen molar-refractivity contribution in [1.82, 2.24) is 4.31 Å². The number of hydrogen-bond acceptors (Lipinski definition) is 6. The molecule has 1 unspecified atom stereocenters. The summed E-state index contributed by atoms with van der Waals surface area (Å²) in [7, 11) is -3.65.